The summed E-state index contributed by atoms with van der Waals surface area (Å²) in [5.41, 5.74) is -0.214. The Bertz CT molecular complexity index is 278. The average molecular weight is 241 g/mol. The molecule has 0 aromatic heterocycles. The van der Waals surface area contributed by atoms with Gasteiger partial charge in [-0.15, -0.1) is 0 Å². The van der Waals surface area contributed by atoms with Crippen molar-refractivity contribution in [1.29, 1.82) is 0 Å². The minimum absolute atomic E-state index is 0.00561. The van der Waals surface area contributed by atoms with Crippen LogP contribution in [0.1, 0.15) is 40.0 Å². The van der Waals surface area contributed by atoms with Gasteiger partial charge in [-0.05, 0) is 40.2 Å². The molecule has 0 bridgehead atoms. The lowest BCUT2D eigenvalue weighted by Gasteiger charge is -2.20. The van der Waals surface area contributed by atoms with Gasteiger partial charge in [0.15, 0.2) is 0 Å². The predicted molar refractivity (Wildman–Crippen MR) is 66.5 cm³/mol. The fourth-order valence-electron chi connectivity index (χ4n) is 1.81. The number of carbonyl (C=O) groups is 2. The maximum absolute atomic E-state index is 11.6. The van der Waals surface area contributed by atoms with Crippen LogP contribution in [0.25, 0.3) is 0 Å². The molecule has 1 fully saturated rings. The van der Waals surface area contributed by atoms with Crippen LogP contribution in [0.4, 0.5) is 0 Å². The van der Waals surface area contributed by atoms with Crippen molar-refractivity contribution in [1.82, 2.24) is 16.0 Å². The Labute approximate surface area is 103 Å². The smallest absolute Gasteiger partial charge is 0.237 e. The van der Waals surface area contributed by atoms with E-state index in [2.05, 4.69) is 16.0 Å². The van der Waals surface area contributed by atoms with E-state index in [0.717, 1.165) is 19.4 Å². The van der Waals surface area contributed by atoms with Gasteiger partial charge in [-0.2, -0.15) is 0 Å². The molecule has 2 amide bonds. The number of hydrogen-bond donors (Lipinski definition) is 3. The van der Waals surface area contributed by atoms with Gasteiger partial charge in [0.2, 0.25) is 11.8 Å². The lowest BCUT2D eigenvalue weighted by Crippen LogP contribution is -2.44. The number of nitrogens with one attached hydrogen (secondary N) is 3. The quantitative estimate of drug-likeness (QED) is 0.656. The third kappa shape index (κ3) is 5.68. The van der Waals surface area contributed by atoms with E-state index in [0.29, 0.717) is 13.0 Å². The van der Waals surface area contributed by atoms with Crippen molar-refractivity contribution in [3.05, 3.63) is 0 Å². The summed E-state index contributed by atoms with van der Waals surface area (Å²) in [6, 6.07) is -0.0688. The van der Waals surface area contributed by atoms with E-state index in [1.807, 2.05) is 20.8 Å². The van der Waals surface area contributed by atoms with Gasteiger partial charge in [0.1, 0.15) is 0 Å². The first-order chi connectivity index (χ1) is 7.88. The predicted octanol–water partition coefficient (Wildman–Crippen LogP) is 0.159. The molecule has 1 atom stereocenters. The monoisotopic (exact) mass is 241 g/mol. The van der Waals surface area contributed by atoms with Gasteiger partial charge in [-0.25, -0.2) is 0 Å². The lowest BCUT2D eigenvalue weighted by molar-refractivity contribution is -0.123. The fraction of sp³-hybridized carbons (Fsp3) is 0.833. The zero-order valence-electron chi connectivity index (χ0n) is 10.9. The second-order valence-electron chi connectivity index (χ2n) is 5.49. The summed E-state index contributed by atoms with van der Waals surface area (Å²) in [6.45, 7) is 7.12. The van der Waals surface area contributed by atoms with E-state index in [9.17, 15) is 9.59 Å². The van der Waals surface area contributed by atoms with Crippen LogP contribution in [0.2, 0.25) is 0 Å². The van der Waals surface area contributed by atoms with Gasteiger partial charge >= 0.3 is 0 Å². The fourth-order valence-corrected chi connectivity index (χ4v) is 1.81. The van der Waals surface area contributed by atoms with Crippen molar-refractivity contribution in [3.63, 3.8) is 0 Å². The highest BCUT2D eigenvalue weighted by Crippen LogP contribution is 2.04. The van der Waals surface area contributed by atoms with Crippen molar-refractivity contribution in [2.24, 2.45) is 0 Å². The molecule has 0 radical (unpaired) electrons. The average Bonchev–Trinajstić information content (AvgIpc) is 2.66. The summed E-state index contributed by atoms with van der Waals surface area (Å²) < 4.78 is 0. The first-order valence-corrected chi connectivity index (χ1v) is 6.20. The van der Waals surface area contributed by atoms with Crippen LogP contribution in [0, 0.1) is 0 Å². The molecule has 3 N–H and O–H groups in total. The summed E-state index contributed by atoms with van der Waals surface area (Å²) in [5, 5.41) is 8.76. The Morgan fingerprint density at radius 2 is 2.06 bits per heavy atom. The Kier molecular flexibility index (Phi) is 4.93. The van der Waals surface area contributed by atoms with E-state index in [1.54, 1.807) is 0 Å². The first kappa shape index (κ1) is 14.0. The van der Waals surface area contributed by atoms with Crippen LogP contribution in [-0.4, -0.2) is 36.5 Å². The molecule has 1 rings (SSSR count). The van der Waals surface area contributed by atoms with E-state index in [1.165, 1.54) is 0 Å². The largest absolute Gasteiger partial charge is 0.354 e. The van der Waals surface area contributed by atoms with Gasteiger partial charge in [0, 0.05) is 18.5 Å². The minimum atomic E-state index is -0.214. The van der Waals surface area contributed by atoms with Crippen molar-refractivity contribution in [2.75, 3.05) is 13.1 Å². The molecule has 98 valence electrons. The van der Waals surface area contributed by atoms with Crippen LogP contribution in [-0.2, 0) is 9.59 Å². The Morgan fingerprint density at radius 1 is 1.35 bits per heavy atom. The summed E-state index contributed by atoms with van der Waals surface area (Å²) in [5.74, 6) is -0.0248. The zero-order chi connectivity index (χ0) is 12.9. The Balaban J connectivity index is 2.14. The highest BCUT2D eigenvalue weighted by Gasteiger charge is 2.21. The Hall–Kier alpha value is -1.10. The van der Waals surface area contributed by atoms with Gasteiger partial charge in [-0.1, -0.05) is 0 Å². The maximum atomic E-state index is 11.6. The third-order valence-corrected chi connectivity index (χ3v) is 2.54. The van der Waals surface area contributed by atoms with Crippen LogP contribution in [0.5, 0.6) is 0 Å². The molecule has 17 heavy (non-hydrogen) atoms. The molecule has 5 heteroatoms. The van der Waals surface area contributed by atoms with E-state index < -0.39 is 0 Å². The molecule has 0 aromatic carbocycles. The van der Waals surface area contributed by atoms with Crippen molar-refractivity contribution in [3.8, 4) is 0 Å². The molecule has 1 aliphatic heterocycles. The standard InChI is InChI=1S/C12H23N3O2/c1-12(2,3)15-10(16)6-8-14-11(17)9-5-4-7-13-9/h9,13H,4-8H2,1-3H3,(H,14,17)(H,15,16). The van der Waals surface area contributed by atoms with Crippen LogP contribution >= 0.6 is 0 Å². The highest BCUT2D eigenvalue weighted by molar-refractivity contribution is 5.83. The second-order valence-corrected chi connectivity index (χ2v) is 5.49. The molecule has 0 spiro atoms. The highest BCUT2D eigenvalue weighted by atomic mass is 16.2. The van der Waals surface area contributed by atoms with Crippen molar-refractivity contribution < 1.29 is 9.59 Å². The van der Waals surface area contributed by atoms with Gasteiger partial charge < -0.3 is 16.0 Å². The summed E-state index contributed by atoms with van der Waals surface area (Å²) in [4.78, 5) is 23.1. The van der Waals surface area contributed by atoms with E-state index in [-0.39, 0.29) is 23.4 Å². The molecular formula is C12H23N3O2. The molecule has 0 aromatic rings. The van der Waals surface area contributed by atoms with Gasteiger partial charge in [-0.3, -0.25) is 9.59 Å². The lowest BCUT2D eigenvalue weighted by atomic mass is 10.1. The molecular weight excluding hydrogens is 218 g/mol. The Morgan fingerprint density at radius 3 is 2.59 bits per heavy atom. The van der Waals surface area contributed by atoms with Gasteiger partial charge in [0.05, 0.1) is 6.04 Å². The van der Waals surface area contributed by atoms with Gasteiger partial charge in [0.25, 0.3) is 0 Å². The molecule has 1 unspecified atom stereocenters. The van der Waals surface area contributed by atoms with E-state index in [4.69, 9.17) is 0 Å². The second kappa shape index (κ2) is 6.00. The van der Waals surface area contributed by atoms with Crippen molar-refractivity contribution >= 4 is 11.8 Å². The molecule has 1 saturated heterocycles. The molecule has 0 saturated carbocycles. The summed E-state index contributed by atoms with van der Waals surface area (Å²) >= 11 is 0. The number of hydrogen-bond acceptors (Lipinski definition) is 3. The SMILES string of the molecule is CC(C)(C)NC(=O)CCNC(=O)C1CCCN1. The van der Waals surface area contributed by atoms with E-state index >= 15 is 0 Å². The van der Waals surface area contributed by atoms with Crippen LogP contribution in [0.3, 0.4) is 0 Å². The number of amides is 2. The molecule has 5 nitrogen and oxygen atoms in total. The summed E-state index contributed by atoms with van der Waals surface area (Å²) in [7, 11) is 0. The first-order valence-electron chi connectivity index (χ1n) is 6.20. The zero-order valence-corrected chi connectivity index (χ0v) is 10.9. The summed E-state index contributed by atoms with van der Waals surface area (Å²) in [6.07, 6.45) is 2.26. The molecule has 0 aliphatic carbocycles. The molecule has 1 aliphatic rings. The number of rotatable bonds is 4. The van der Waals surface area contributed by atoms with Crippen LogP contribution in [0.15, 0.2) is 0 Å². The number of carbonyl (C=O) groups excluding carboxylic acids is 2. The normalized spacial score (nSPS) is 20.1. The topological polar surface area (TPSA) is 70.2 Å². The third-order valence-electron chi connectivity index (χ3n) is 2.54. The van der Waals surface area contributed by atoms with Crippen molar-refractivity contribution in [2.45, 2.75) is 51.6 Å². The molecule has 1 heterocycles. The minimum Gasteiger partial charge on any atom is -0.354 e. The van der Waals surface area contributed by atoms with Crippen LogP contribution < -0.4 is 16.0 Å². The maximum Gasteiger partial charge on any atom is 0.237 e.